The number of aromatic nitrogens is 2. The maximum atomic E-state index is 12.9. The Bertz CT molecular complexity index is 717. The summed E-state index contributed by atoms with van der Waals surface area (Å²) >= 11 is 1.31. The summed E-state index contributed by atoms with van der Waals surface area (Å²) in [5, 5.41) is 11.8. The van der Waals surface area contributed by atoms with Crippen LogP contribution in [0.4, 0.5) is 9.52 Å². The van der Waals surface area contributed by atoms with E-state index < -0.39 is 0 Å². The van der Waals surface area contributed by atoms with Crippen molar-refractivity contribution in [1.29, 1.82) is 0 Å². The van der Waals surface area contributed by atoms with Crippen LogP contribution in [0.1, 0.15) is 17.8 Å². The monoisotopic (exact) mass is 380 g/mol. The van der Waals surface area contributed by atoms with Gasteiger partial charge in [0.25, 0.3) is 0 Å². The maximum Gasteiger partial charge on any atom is 0.240 e. The fourth-order valence-electron chi connectivity index (χ4n) is 2.74. The van der Waals surface area contributed by atoms with Crippen molar-refractivity contribution in [2.24, 2.45) is 0 Å². The van der Waals surface area contributed by atoms with Gasteiger partial charge in [0.1, 0.15) is 29.3 Å². The van der Waals surface area contributed by atoms with Crippen molar-refractivity contribution >= 4 is 22.4 Å². The smallest absolute Gasteiger partial charge is 0.240 e. The Hall–Kier alpha value is -2.10. The number of carbonyl (C=O) groups is 1. The number of nitrogens with zero attached hydrogens (tertiary/aromatic N) is 3. The van der Waals surface area contributed by atoms with Gasteiger partial charge in [0.05, 0.1) is 6.54 Å². The number of piperidine rings is 1. The van der Waals surface area contributed by atoms with E-state index in [-0.39, 0.29) is 17.8 Å². The number of ether oxygens (including phenoxy) is 2. The Morgan fingerprint density at radius 2 is 2.04 bits per heavy atom. The van der Waals surface area contributed by atoms with Gasteiger partial charge in [-0.05, 0) is 37.1 Å². The van der Waals surface area contributed by atoms with Gasteiger partial charge in [-0.15, -0.1) is 10.2 Å². The van der Waals surface area contributed by atoms with Gasteiger partial charge in [0, 0.05) is 20.2 Å². The fourth-order valence-corrected chi connectivity index (χ4v) is 3.47. The van der Waals surface area contributed by atoms with Crippen molar-refractivity contribution in [3.05, 3.63) is 35.1 Å². The zero-order chi connectivity index (χ0) is 18.4. The minimum Gasteiger partial charge on any atom is -0.490 e. The van der Waals surface area contributed by atoms with Gasteiger partial charge in [0.15, 0.2) is 0 Å². The van der Waals surface area contributed by atoms with Crippen molar-refractivity contribution in [2.75, 3.05) is 32.1 Å². The molecule has 26 heavy (non-hydrogen) atoms. The summed E-state index contributed by atoms with van der Waals surface area (Å²) in [6.07, 6.45) is 1.72. The summed E-state index contributed by atoms with van der Waals surface area (Å²) in [6.45, 7) is 2.23. The number of halogens is 1. The van der Waals surface area contributed by atoms with Crippen molar-refractivity contribution in [1.82, 2.24) is 15.1 Å². The first-order valence-electron chi connectivity index (χ1n) is 8.38. The zero-order valence-electron chi connectivity index (χ0n) is 14.5. The van der Waals surface area contributed by atoms with Crippen LogP contribution in [0.25, 0.3) is 0 Å². The second-order valence-electron chi connectivity index (χ2n) is 6.03. The highest BCUT2D eigenvalue weighted by atomic mass is 32.1. The third-order valence-electron chi connectivity index (χ3n) is 4.00. The summed E-state index contributed by atoms with van der Waals surface area (Å²) < 4.78 is 23.8. The highest BCUT2D eigenvalue weighted by Crippen LogP contribution is 2.20. The molecular formula is C17H21FN4O3S. The van der Waals surface area contributed by atoms with E-state index in [4.69, 9.17) is 9.47 Å². The number of methoxy groups -OCH3 is 1. The molecule has 1 fully saturated rings. The minimum atomic E-state index is -0.275. The van der Waals surface area contributed by atoms with Crippen molar-refractivity contribution < 1.29 is 18.7 Å². The summed E-state index contributed by atoms with van der Waals surface area (Å²) in [4.78, 5) is 14.2. The number of likely N-dealkylation sites (tertiary alicyclic amines) is 1. The predicted octanol–water partition coefficient (Wildman–Crippen LogP) is 2.31. The lowest BCUT2D eigenvalue weighted by atomic mass is 10.1. The first-order chi connectivity index (χ1) is 12.6. The first-order valence-corrected chi connectivity index (χ1v) is 9.20. The van der Waals surface area contributed by atoms with Crippen LogP contribution >= 0.6 is 11.3 Å². The SMILES string of the molecule is COCc1nnc(NC(=O)CN2CCC(Oc3ccc(F)cc3)CC2)s1. The van der Waals surface area contributed by atoms with E-state index in [0.29, 0.717) is 24.0 Å². The number of nitrogens with one attached hydrogen (secondary N) is 1. The number of carbonyl (C=O) groups excluding carboxylic acids is 1. The third-order valence-corrected chi connectivity index (χ3v) is 4.81. The summed E-state index contributed by atoms with van der Waals surface area (Å²) in [7, 11) is 1.59. The molecule has 9 heteroatoms. The molecule has 1 aliphatic heterocycles. The van der Waals surface area contributed by atoms with Crippen LogP contribution in [0, 0.1) is 5.82 Å². The molecule has 140 valence electrons. The lowest BCUT2D eigenvalue weighted by Crippen LogP contribution is -2.42. The second-order valence-corrected chi connectivity index (χ2v) is 7.09. The van der Waals surface area contributed by atoms with E-state index in [0.717, 1.165) is 30.9 Å². The molecule has 1 saturated heterocycles. The molecule has 0 spiro atoms. The average molecular weight is 380 g/mol. The molecule has 2 heterocycles. The molecule has 2 aromatic rings. The number of rotatable bonds is 7. The molecule has 0 radical (unpaired) electrons. The molecule has 0 aliphatic carbocycles. The molecule has 1 N–H and O–H groups in total. The largest absolute Gasteiger partial charge is 0.490 e. The van der Waals surface area contributed by atoms with Gasteiger partial charge < -0.3 is 9.47 Å². The zero-order valence-corrected chi connectivity index (χ0v) is 15.3. The normalized spacial score (nSPS) is 15.8. The van der Waals surface area contributed by atoms with Gasteiger partial charge in [0.2, 0.25) is 11.0 Å². The predicted molar refractivity (Wildman–Crippen MR) is 95.7 cm³/mol. The molecule has 1 aliphatic rings. The van der Waals surface area contributed by atoms with Gasteiger partial charge in [-0.2, -0.15) is 0 Å². The molecule has 7 nitrogen and oxygen atoms in total. The molecular weight excluding hydrogens is 359 g/mol. The summed E-state index contributed by atoms with van der Waals surface area (Å²) in [5.41, 5.74) is 0. The van der Waals surface area contributed by atoms with Crippen molar-refractivity contribution in [3.63, 3.8) is 0 Å². The quantitative estimate of drug-likeness (QED) is 0.794. The molecule has 0 saturated carbocycles. The topological polar surface area (TPSA) is 76.6 Å². The van der Waals surface area contributed by atoms with Gasteiger partial charge in [-0.3, -0.25) is 15.0 Å². The van der Waals surface area contributed by atoms with Gasteiger partial charge in [-0.25, -0.2) is 4.39 Å². The van der Waals surface area contributed by atoms with Crippen LogP contribution in [0.5, 0.6) is 5.75 Å². The van der Waals surface area contributed by atoms with Crippen LogP contribution in [0.2, 0.25) is 0 Å². The Kier molecular flexibility index (Phi) is 6.48. The molecule has 3 rings (SSSR count). The van der Waals surface area contributed by atoms with E-state index in [9.17, 15) is 9.18 Å². The highest BCUT2D eigenvalue weighted by molar-refractivity contribution is 7.15. The number of hydrogen-bond acceptors (Lipinski definition) is 7. The number of benzene rings is 1. The molecule has 1 amide bonds. The standard InChI is InChI=1S/C17H21FN4O3S/c1-24-11-16-20-21-17(26-16)19-15(23)10-22-8-6-14(7-9-22)25-13-4-2-12(18)3-5-13/h2-5,14H,6-11H2,1H3,(H,19,21,23). The summed E-state index contributed by atoms with van der Waals surface area (Å²) in [6, 6.07) is 6.05. The minimum absolute atomic E-state index is 0.0829. The van der Waals surface area contributed by atoms with Crippen LogP contribution in [-0.4, -0.2) is 53.9 Å². The molecule has 1 aromatic carbocycles. The van der Waals surface area contributed by atoms with Gasteiger partial charge >= 0.3 is 0 Å². The van der Waals surface area contributed by atoms with E-state index in [2.05, 4.69) is 20.4 Å². The first kappa shape index (κ1) is 18.7. The second kappa shape index (κ2) is 9.02. The lowest BCUT2D eigenvalue weighted by Gasteiger charge is -2.31. The number of anilines is 1. The molecule has 1 aromatic heterocycles. The third kappa shape index (κ3) is 5.45. The van der Waals surface area contributed by atoms with E-state index >= 15 is 0 Å². The molecule has 0 bridgehead atoms. The Labute approximate surface area is 155 Å². The van der Waals surface area contributed by atoms with E-state index in [1.54, 1.807) is 19.2 Å². The average Bonchev–Trinajstić information content (AvgIpc) is 3.06. The van der Waals surface area contributed by atoms with Gasteiger partial charge in [-0.1, -0.05) is 11.3 Å². The number of amides is 1. The van der Waals surface area contributed by atoms with Crippen LogP contribution in [0.3, 0.4) is 0 Å². The maximum absolute atomic E-state index is 12.9. The van der Waals surface area contributed by atoms with Crippen molar-refractivity contribution in [3.8, 4) is 5.75 Å². The highest BCUT2D eigenvalue weighted by Gasteiger charge is 2.22. The fraction of sp³-hybridized carbons (Fsp3) is 0.471. The van der Waals surface area contributed by atoms with Crippen LogP contribution in [0.15, 0.2) is 24.3 Å². The van der Waals surface area contributed by atoms with Crippen LogP contribution in [-0.2, 0) is 16.1 Å². The van der Waals surface area contributed by atoms with E-state index in [1.165, 1.54) is 23.5 Å². The molecule has 0 atom stereocenters. The Morgan fingerprint density at radius 3 is 2.73 bits per heavy atom. The number of hydrogen-bond donors (Lipinski definition) is 1. The van der Waals surface area contributed by atoms with E-state index in [1.807, 2.05) is 0 Å². The van der Waals surface area contributed by atoms with Crippen LogP contribution < -0.4 is 10.1 Å². The summed E-state index contributed by atoms with van der Waals surface area (Å²) in [5.74, 6) is 0.289. The lowest BCUT2D eigenvalue weighted by molar-refractivity contribution is -0.117. The Morgan fingerprint density at radius 1 is 1.31 bits per heavy atom. The molecule has 0 unspecified atom stereocenters. The Balaban J connectivity index is 1.40. The van der Waals surface area contributed by atoms with Crippen molar-refractivity contribution in [2.45, 2.75) is 25.6 Å².